The van der Waals surface area contributed by atoms with Crippen molar-refractivity contribution in [3.05, 3.63) is 29.8 Å². The fourth-order valence-corrected chi connectivity index (χ4v) is 3.77. The maximum absolute atomic E-state index is 12.2. The van der Waals surface area contributed by atoms with Crippen LogP contribution in [0.3, 0.4) is 0 Å². The summed E-state index contributed by atoms with van der Waals surface area (Å²) < 4.78 is 12.2. The van der Waals surface area contributed by atoms with Gasteiger partial charge in [0.1, 0.15) is 0 Å². The lowest BCUT2D eigenvalue weighted by Crippen LogP contribution is -2.28. The Hall–Kier alpha value is -0.670. The molecule has 2 rings (SSSR count). The van der Waals surface area contributed by atoms with Gasteiger partial charge in [-0.05, 0) is 37.8 Å². The van der Waals surface area contributed by atoms with Crippen molar-refractivity contribution in [1.29, 1.82) is 0 Å². The monoisotopic (exact) mass is 252 g/mol. The molecule has 0 aliphatic heterocycles. The molecule has 1 unspecified atom stereocenters. The van der Waals surface area contributed by atoms with Gasteiger partial charge in [0.25, 0.3) is 0 Å². The normalized spacial score (nSPS) is 26.7. The molecule has 1 aliphatic rings. The predicted octanol–water partition coefficient (Wildman–Crippen LogP) is 2.65. The van der Waals surface area contributed by atoms with Gasteiger partial charge in [-0.1, -0.05) is 30.5 Å². The highest BCUT2D eigenvalue weighted by Crippen LogP contribution is 2.26. The first-order valence-electron chi connectivity index (χ1n) is 6.30. The second-order valence-electron chi connectivity index (χ2n) is 4.94. The lowest BCUT2D eigenvalue weighted by molar-refractivity contribution is 0.0812. The number of hydrogen-bond donors (Lipinski definition) is 1. The molecule has 1 aromatic carbocycles. The van der Waals surface area contributed by atoms with Crippen molar-refractivity contribution in [2.45, 2.75) is 43.6 Å². The standard InChI is InChI=1S/C14H20O2S/c1-11-6-8-13(9-7-11)17(16)10-12-4-2-3-5-14(12)15/h6-9,12,14-15H,2-5,10H2,1H3/t12-,14-,17?/m0/s1. The molecule has 0 spiro atoms. The van der Waals surface area contributed by atoms with Gasteiger partial charge in [0.15, 0.2) is 0 Å². The van der Waals surface area contributed by atoms with Crippen molar-refractivity contribution in [2.24, 2.45) is 5.92 Å². The number of hydrogen-bond acceptors (Lipinski definition) is 2. The van der Waals surface area contributed by atoms with E-state index in [0.717, 1.165) is 30.6 Å². The van der Waals surface area contributed by atoms with E-state index in [0.29, 0.717) is 5.75 Å². The third kappa shape index (κ3) is 3.39. The smallest absolute Gasteiger partial charge is 0.0577 e. The topological polar surface area (TPSA) is 37.3 Å². The first kappa shape index (κ1) is 12.8. The molecule has 3 atom stereocenters. The minimum absolute atomic E-state index is 0.214. The molecular formula is C14H20O2S. The molecule has 0 saturated heterocycles. The highest BCUT2D eigenvalue weighted by molar-refractivity contribution is 7.85. The molecule has 2 nitrogen and oxygen atoms in total. The SMILES string of the molecule is Cc1ccc(S(=O)C[C@@H]2CCCC[C@@H]2O)cc1. The Kier molecular flexibility index (Phi) is 4.35. The zero-order chi connectivity index (χ0) is 12.3. The van der Waals surface area contributed by atoms with Crippen LogP contribution in [-0.2, 0) is 10.8 Å². The van der Waals surface area contributed by atoms with Gasteiger partial charge in [-0.2, -0.15) is 0 Å². The van der Waals surface area contributed by atoms with E-state index in [1.165, 1.54) is 5.56 Å². The maximum atomic E-state index is 12.2. The van der Waals surface area contributed by atoms with E-state index in [2.05, 4.69) is 0 Å². The van der Waals surface area contributed by atoms with Crippen LogP contribution in [-0.4, -0.2) is 21.2 Å². The second-order valence-corrected chi connectivity index (χ2v) is 6.43. The minimum Gasteiger partial charge on any atom is -0.393 e. The van der Waals surface area contributed by atoms with E-state index < -0.39 is 10.8 Å². The van der Waals surface area contributed by atoms with E-state index in [9.17, 15) is 9.32 Å². The van der Waals surface area contributed by atoms with Crippen molar-refractivity contribution in [1.82, 2.24) is 0 Å². The molecule has 0 heterocycles. The molecule has 1 N–H and O–H groups in total. The molecule has 0 radical (unpaired) electrons. The Morgan fingerprint density at radius 1 is 1.24 bits per heavy atom. The van der Waals surface area contributed by atoms with E-state index >= 15 is 0 Å². The van der Waals surface area contributed by atoms with Gasteiger partial charge in [-0.3, -0.25) is 4.21 Å². The summed E-state index contributed by atoms with van der Waals surface area (Å²) in [5, 5.41) is 9.87. The van der Waals surface area contributed by atoms with Crippen LogP contribution in [0.2, 0.25) is 0 Å². The number of benzene rings is 1. The molecular weight excluding hydrogens is 232 g/mol. The summed E-state index contributed by atoms with van der Waals surface area (Å²) in [5.74, 6) is 0.815. The maximum Gasteiger partial charge on any atom is 0.0577 e. The molecule has 1 fully saturated rings. The van der Waals surface area contributed by atoms with Gasteiger partial charge in [-0.15, -0.1) is 0 Å². The fraction of sp³-hybridized carbons (Fsp3) is 0.571. The summed E-state index contributed by atoms with van der Waals surface area (Å²) in [4.78, 5) is 0.883. The van der Waals surface area contributed by atoms with Crippen LogP contribution >= 0.6 is 0 Å². The number of aliphatic hydroxyl groups excluding tert-OH is 1. The molecule has 3 heteroatoms. The molecule has 1 aliphatic carbocycles. The van der Waals surface area contributed by atoms with Gasteiger partial charge in [0, 0.05) is 10.6 Å². The highest BCUT2D eigenvalue weighted by Gasteiger charge is 2.25. The Labute approximate surface area is 106 Å². The highest BCUT2D eigenvalue weighted by atomic mass is 32.2. The van der Waals surface area contributed by atoms with E-state index in [-0.39, 0.29) is 12.0 Å². The van der Waals surface area contributed by atoms with Gasteiger partial charge in [0.2, 0.25) is 0 Å². The molecule has 0 amide bonds. The van der Waals surface area contributed by atoms with Gasteiger partial charge in [-0.25, -0.2) is 0 Å². The Morgan fingerprint density at radius 2 is 1.88 bits per heavy atom. The summed E-state index contributed by atoms with van der Waals surface area (Å²) in [6.07, 6.45) is 3.90. The molecule has 94 valence electrons. The summed E-state index contributed by atoms with van der Waals surface area (Å²) in [6.45, 7) is 2.03. The quantitative estimate of drug-likeness (QED) is 0.898. The number of rotatable bonds is 3. The molecule has 17 heavy (non-hydrogen) atoms. The van der Waals surface area contributed by atoms with Crippen molar-refractivity contribution in [3.8, 4) is 0 Å². The lowest BCUT2D eigenvalue weighted by Gasteiger charge is -2.27. The molecule has 0 aromatic heterocycles. The van der Waals surface area contributed by atoms with Crippen molar-refractivity contribution in [2.75, 3.05) is 5.75 Å². The van der Waals surface area contributed by atoms with Crippen LogP contribution in [0, 0.1) is 12.8 Å². The average molecular weight is 252 g/mol. The Balaban J connectivity index is 1.98. The Morgan fingerprint density at radius 3 is 2.53 bits per heavy atom. The number of aliphatic hydroxyl groups is 1. The van der Waals surface area contributed by atoms with Crippen LogP contribution < -0.4 is 0 Å². The average Bonchev–Trinajstić information content (AvgIpc) is 2.33. The fourth-order valence-electron chi connectivity index (χ4n) is 2.36. The van der Waals surface area contributed by atoms with Crippen LogP contribution in [0.15, 0.2) is 29.2 Å². The summed E-state index contributed by atoms with van der Waals surface area (Å²) >= 11 is 0. The zero-order valence-electron chi connectivity index (χ0n) is 10.3. The lowest BCUT2D eigenvalue weighted by atomic mass is 9.88. The summed E-state index contributed by atoms with van der Waals surface area (Å²) in [7, 11) is -0.970. The first-order valence-corrected chi connectivity index (χ1v) is 7.62. The Bertz CT molecular complexity index is 386. The molecule has 1 saturated carbocycles. The third-order valence-electron chi connectivity index (χ3n) is 3.52. The van der Waals surface area contributed by atoms with Crippen molar-refractivity contribution >= 4 is 10.8 Å². The van der Waals surface area contributed by atoms with Gasteiger partial charge < -0.3 is 5.11 Å². The number of aryl methyl sites for hydroxylation is 1. The molecule has 0 bridgehead atoms. The van der Waals surface area contributed by atoms with Crippen LogP contribution in [0.4, 0.5) is 0 Å². The van der Waals surface area contributed by atoms with E-state index in [1.807, 2.05) is 31.2 Å². The first-order chi connectivity index (χ1) is 8.16. The third-order valence-corrected chi connectivity index (χ3v) is 5.05. The van der Waals surface area contributed by atoms with Crippen molar-refractivity contribution < 1.29 is 9.32 Å². The van der Waals surface area contributed by atoms with Crippen LogP contribution in [0.1, 0.15) is 31.2 Å². The van der Waals surface area contributed by atoms with Crippen LogP contribution in [0.5, 0.6) is 0 Å². The largest absolute Gasteiger partial charge is 0.393 e. The van der Waals surface area contributed by atoms with Gasteiger partial charge in [0.05, 0.1) is 16.9 Å². The van der Waals surface area contributed by atoms with Crippen LogP contribution in [0.25, 0.3) is 0 Å². The summed E-state index contributed by atoms with van der Waals surface area (Å²) in [5.41, 5.74) is 1.18. The van der Waals surface area contributed by atoms with E-state index in [1.54, 1.807) is 0 Å². The van der Waals surface area contributed by atoms with Gasteiger partial charge >= 0.3 is 0 Å². The van der Waals surface area contributed by atoms with E-state index in [4.69, 9.17) is 0 Å². The second kappa shape index (κ2) is 5.78. The zero-order valence-corrected chi connectivity index (χ0v) is 11.1. The van der Waals surface area contributed by atoms with Crippen molar-refractivity contribution in [3.63, 3.8) is 0 Å². The minimum atomic E-state index is -0.970. The summed E-state index contributed by atoms with van der Waals surface area (Å²) in [6, 6.07) is 7.84. The predicted molar refractivity (Wildman–Crippen MR) is 70.4 cm³/mol. The molecule has 1 aromatic rings.